The zero-order valence-corrected chi connectivity index (χ0v) is 15.2. The van der Waals surface area contributed by atoms with E-state index in [2.05, 4.69) is 10.9 Å². The van der Waals surface area contributed by atoms with Crippen LogP contribution in [-0.4, -0.2) is 41.5 Å². The number of benzene rings is 2. The SMILES string of the molecule is O=C(CN1CCC(C(O)c2ccccc2)CC1)NNC(=O)c1ccccc1. The molecule has 1 aliphatic rings. The van der Waals surface area contributed by atoms with Crippen LogP contribution in [0.15, 0.2) is 60.7 Å². The number of aliphatic hydroxyl groups excluding tert-OH is 1. The van der Waals surface area contributed by atoms with Crippen molar-refractivity contribution in [2.45, 2.75) is 18.9 Å². The summed E-state index contributed by atoms with van der Waals surface area (Å²) in [5, 5.41) is 10.5. The van der Waals surface area contributed by atoms with Gasteiger partial charge in [-0.1, -0.05) is 48.5 Å². The highest BCUT2D eigenvalue weighted by atomic mass is 16.3. The monoisotopic (exact) mass is 367 g/mol. The number of aliphatic hydroxyl groups is 1. The Kier molecular flexibility index (Phi) is 6.57. The highest BCUT2D eigenvalue weighted by Gasteiger charge is 2.27. The molecule has 0 radical (unpaired) electrons. The molecule has 2 aromatic rings. The summed E-state index contributed by atoms with van der Waals surface area (Å²) in [4.78, 5) is 26.0. The molecule has 142 valence electrons. The molecule has 6 heteroatoms. The van der Waals surface area contributed by atoms with E-state index in [0.717, 1.165) is 31.5 Å². The Morgan fingerprint density at radius 2 is 1.56 bits per heavy atom. The second kappa shape index (κ2) is 9.30. The van der Waals surface area contributed by atoms with Crippen molar-refractivity contribution in [2.75, 3.05) is 19.6 Å². The number of nitrogens with zero attached hydrogens (tertiary/aromatic N) is 1. The van der Waals surface area contributed by atoms with Gasteiger partial charge in [0.1, 0.15) is 0 Å². The van der Waals surface area contributed by atoms with Crippen LogP contribution in [0, 0.1) is 5.92 Å². The van der Waals surface area contributed by atoms with Crippen molar-refractivity contribution in [3.63, 3.8) is 0 Å². The van der Waals surface area contributed by atoms with E-state index in [1.54, 1.807) is 24.3 Å². The normalized spacial score (nSPS) is 16.5. The smallest absolute Gasteiger partial charge is 0.269 e. The third-order valence-corrected chi connectivity index (χ3v) is 4.94. The van der Waals surface area contributed by atoms with Gasteiger partial charge in [0.15, 0.2) is 0 Å². The molecular formula is C21H25N3O3. The van der Waals surface area contributed by atoms with E-state index in [0.29, 0.717) is 5.56 Å². The summed E-state index contributed by atoms with van der Waals surface area (Å²) in [6.07, 6.45) is 1.20. The third kappa shape index (κ3) is 5.39. The molecule has 1 saturated heterocycles. The number of hydrogen-bond donors (Lipinski definition) is 3. The van der Waals surface area contributed by atoms with E-state index in [1.165, 1.54) is 0 Å². The van der Waals surface area contributed by atoms with Gasteiger partial charge in [0.2, 0.25) is 0 Å². The first-order chi connectivity index (χ1) is 13.1. The van der Waals surface area contributed by atoms with Gasteiger partial charge in [0.25, 0.3) is 11.8 Å². The first kappa shape index (κ1) is 19.1. The molecule has 1 aliphatic heterocycles. The van der Waals surface area contributed by atoms with Crippen molar-refractivity contribution in [3.05, 3.63) is 71.8 Å². The molecule has 1 unspecified atom stereocenters. The molecule has 3 N–H and O–H groups in total. The molecule has 1 fully saturated rings. The van der Waals surface area contributed by atoms with Crippen LogP contribution in [0.1, 0.15) is 34.9 Å². The number of amides is 2. The lowest BCUT2D eigenvalue weighted by molar-refractivity contribution is -0.123. The van der Waals surface area contributed by atoms with Gasteiger partial charge in [0.05, 0.1) is 12.6 Å². The number of nitrogens with one attached hydrogen (secondary N) is 2. The fraction of sp³-hybridized carbons (Fsp3) is 0.333. The van der Waals surface area contributed by atoms with Crippen molar-refractivity contribution in [1.82, 2.24) is 15.8 Å². The molecule has 0 spiro atoms. The molecule has 2 aromatic carbocycles. The maximum atomic E-state index is 12.1. The molecular weight excluding hydrogens is 342 g/mol. The Morgan fingerprint density at radius 1 is 0.963 bits per heavy atom. The summed E-state index contributed by atoms with van der Waals surface area (Å²) in [7, 11) is 0. The van der Waals surface area contributed by atoms with E-state index in [1.807, 2.05) is 41.3 Å². The Balaban J connectivity index is 1.40. The van der Waals surface area contributed by atoms with Gasteiger partial charge < -0.3 is 5.11 Å². The molecule has 2 amide bonds. The summed E-state index contributed by atoms with van der Waals surface area (Å²) < 4.78 is 0. The van der Waals surface area contributed by atoms with Gasteiger partial charge in [-0.2, -0.15) is 0 Å². The molecule has 0 bridgehead atoms. The number of rotatable bonds is 5. The van der Waals surface area contributed by atoms with E-state index >= 15 is 0 Å². The van der Waals surface area contributed by atoms with E-state index in [9.17, 15) is 14.7 Å². The fourth-order valence-electron chi connectivity index (χ4n) is 3.38. The van der Waals surface area contributed by atoms with Crippen molar-refractivity contribution in [2.24, 2.45) is 5.92 Å². The predicted octanol–water partition coefficient (Wildman–Crippen LogP) is 1.89. The third-order valence-electron chi connectivity index (χ3n) is 4.94. The van der Waals surface area contributed by atoms with Crippen LogP contribution in [0.2, 0.25) is 0 Å². The number of likely N-dealkylation sites (tertiary alicyclic amines) is 1. The standard InChI is InChI=1S/C21H25N3O3/c25-19(22-23-21(27)18-9-5-2-6-10-18)15-24-13-11-17(12-14-24)20(26)16-7-3-1-4-8-16/h1-10,17,20,26H,11-15H2,(H,22,25)(H,23,27). The topological polar surface area (TPSA) is 81.7 Å². The van der Waals surface area contributed by atoms with Gasteiger partial charge in [-0.05, 0) is 49.5 Å². The Bertz CT molecular complexity index is 744. The molecule has 1 heterocycles. The highest BCUT2D eigenvalue weighted by Crippen LogP contribution is 2.30. The second-order valence-electron chi connectivity index (χ2n) is 6.84. The zero-order chi connectivity index (χ0) is 19.1. The highest BCUT2D eigenvalue weighted by molar-refractivity contribution is 5.95. The maximum absolute atomic E-state index is 12.1. The van der Waals surface area contributed by atoms with Gasteiger partial charge >= 0.3 is 0 Å². The van der Waals surface area contributed by atoms with Crippen LogP contribution in [-0.2, 0) is 4.79 Å². The molecule has 0 saturated carbocycles. The fourth-order valence-corrected chi connectivity index (χ4v) is 3.38. The average Bonchev–Trinajstić information content (AvgIpc) is 2.73. The van der Waals surface area contributed by atoms with E-state index < -0.39 is 6.10 Å². The summed E-state index contributed by atoms with van der Waals surface area (Å²) >= 11 is 0. The Morgan fingerprint density at radius 3 is 2.19 bits per heavy atom. The number of piperidine rings is 1. The summed E-state index contributed by atoms with van der Waals surface area (Å²) in [5.74, 6) is -0.389. The summed E-state index contributed by atoms with van der Waals surface area (Å²) in [5.41, 5.74) is 6.33. The van der Waals surface area contributed by atoms with Crippen LogP contribution in [0.4, 0.5) is 0 Å². The molecule has 27 heavy (non-hydrogen) atoms. The first-order valence-electron chi connectivity index (χ1n) is 9.23. The largest absolute Gasteiger partial charge is 0.388 e. The molecule has 0 aromatic heterocycles. The average molecular weight is 367 g/mol. The van der Waals surface area contributed by atoms with Crippen LogP contribution >= 0.6 is 0 Å². The second-order valence-corrected chi connectivity index (χ2v) is 6.84. The number of carbonyl (C=O) groups is 2. The zero-order valence-electron chi connectivity index (χ0n) is 15.2. The van der Waals surface area contributed by atoms with Crippen LogP contribution in [0.5, 0.6) is 0 Å². The number of hydrazine groups is 1. The summed E-state index contributed by atoms with van der Waals surface area (Å²) in [6, 6.07) is 18.4. The van der Waals surface area contributed by atoms with Crippen molar-refractivity contribution in [3.8, 4) is 0 Å². The number of carbonyl (C=O) groups excluding carboxylic acids is 2. The lowest BCUT2D eigenvalue weighted by atomic mass is 9.87. The Hall–Kier alpha value is -2.70. The van der Waals surface area contributed by atoms with Crippen molar-refractivity contribution < 1.29 is 14.7 Å². The van der Waals surface area contributed by atoms with Crippen molar-refractivity contribution >= 4 is 11.8 Å². The maximum Gasteiger partial charge on any atom is 0.269 e. The van der Waals surface area contributed by atoms with Crippen LogP contribution < -0.4 is 10.9 Å². The van der Waals surface area contributed by atoms with Crippen LogP contribution in [0.3, 0.4) is 0 Å². The minimum absolute atomic E-state index is 0.199. The van der Waals surface area contributed by atoms with Gasteiger partial charge in [0, 0.05) is 5.56 Å². The predicted molar refractivity (Wildman–Crippen MR) is 103 cm³/mol. The first-order valence-corrected chi connectivity index (χ1v) is 9.23. The molecule has 1 atom stereocenters. The van der Waals surface area contributed by atoms with Gasteiger partial charge in [-0.3, -0.25) is 25.3 Å². The van der Waals surface area contributed by atoms with E-state index in [-0.39, 0.29) is 24.3 Å². The van der Waals surface area contributed by atoms with Gasteiger partial charge in [-0.15, -0.1) is 0 Å². The molecule has 0 aliphatic carbocycles. The van der Waals surface area contributed by atoms with E-state index in [4.69, 9.17) is 0 Å². The van der Waals surface area contributed by atoms with Crippen molar-refractivity contribution in [1.29, 1.82) is 0 Å². The lowest BCUT2D eigenvalue weighted by Crippen LogP contribution is -2.48. The minimum Gasteiger partial charge on any atom is -0.388 e. The number of hydrogen-bond acceptors (Lipinski definition) is 4. The lowest BCUT2D eigenvalue weighted by Gasteiger charge is -2.33. The Labute approximate surface area is 159 Å². The quantitative estimate of drug-likeness (QED) is 0.705. The molecule has 3 rings (SSSR count). The summed E-state index contributed by atoms with van der Waals surface area (Å²) in [6.45, 7) is 1.71. The van der Waals surface area contributed by atoms with Crippen LogP contribution in [0.25, 0.3) is 0 Å². The van der Waals surface area contributed by atoms with Gasteiger partial charge in [-0.25, -0.2) is 0 Å². The minimum atomic E-state index is -0.465. The molecule has 6 nitrogen and oxygen atoms in total.